The van der Waals surface area contributed by atoms with Crippen molar-refractivity contribution in [3.8, 4) is 0 Å². The number of piperazine rings is 1. The van der Waals surface area contributed by atoms with Crippen molar-refractivity contribution in [3.05, 3.63) is 41.0 Å². The molecule has 2 aromatic rings. The number of tetrazole rings is 1. The number of aromatic nitrogens is 4. The number of carbonyl (C=O) groups is 1. The number of aliphatic carboxylic acids is 1. The summed E-state index contributed by atoms with van der Waals surface area (Å²) in [5.41, 5.74) is 1.18. The molecule has 1 aromatic heterocycles. The average molecular weight is 449 g/mol. The standard InChI is InChI=1S/C22H33FN6O3/c1-15(2)11-19(22(30)31)18(21-25-27-28-26-21)12-16-3-4-17(20(23)13-16)14-32-10-9-29-7-5-24-6-8-29/h3-4,13,15,18-19,24H,5-12,14H2,1-2H3,(H,30,31)(H,25,26,27,28)/t18-,19-/m0/s1. The first-order valence-corrected chi connectivity index (χ1v) is 11.2. The van der Waals surface area contributed by atoms with Crippen LogP contribution in [-0.4, -0.2) is 75.9 Å². The van der Waals surface area contributed by atoms with Crippen molar-refractivity contribution >= 4 is 5.97 Å². The van der Waals surface area contributed by atoms with Gasteiger partial charge in [-0.15, -0.1) is 10.2 Å². The maximum absolute atomic E-state index is 14.7. The van der Waals surface area contributed by atoms with Gasteiger partial charge in [-0.3, -0.25) is 9.69 Å². The molecule has 10 heteroatoms. The second-order valence-electron chi connectivity index (χ2n) is 8.72. The van der Waals surface area contributed by atoms with E-state index in [1.54, 1.807) is 6.07 Å². The van der Waals surface area contributed by atoms with Crippen molar-refractivity contribution in [1.29, 1.82) is 0 Å². The van der Waals surface area contributed by atoms with Gasteiger partial charge in [-0.25, -0.2) is 4.39 Å². The van der Waals surface area contributed by atoms with Crippen LogP contribution < -0.4 is 5.32 Å². The van der Waals surface area contributed by atoms with E-state index in [1.165, 1.54) is 6.07 Å². The molecule has 1 aliphatic heterocycles. The number of nitrogens with zero attached hydrogens (tertiary/aromatic N) is 4. The molecule has 0 saturated carbocycles. The van der Waals surface area contributed by atoms with Crippen LogP contribution in [0.1, 0.15) is 43.1 Å². The van der Waals surface area contributed by atoms with E-state index in [-0.39, 0.29) is 18.3 Å². The summed E-state index contributed by atoms with van der Waals surface area (Å²) in [6.45, 7) is 9.51. The maximum Gasteiger partial charge on any atom is 0.307 e. The van der Waals surface area contributed by atoms with Gasteiger partial charge in [0.25, 0.3) is 0 Å². The number of carboxylic acids is 1. The van der Waals surface area contributed by atoms with Crippen LogP contribution >= 0.6 is 0 Å². The second-order valence-corrected chi connectivity index (χ2v) is 8.72. The van der Waals surface area contributed by atoms with Crippen LogP contribution in [0.4, 0.5) is 4.39 Å². The molecule has 1 aromatic carbocycles. The van der Waals surface area contributed by atoms with Gasteiger partial charge in [0.05, 0.1) is 19.1 Å². The second kappa shape index (κ2) is 12.0. The number of nitrogens with one attached hydrogen (secondary N) is 2. The molecule has 0 radical (unpaired) electrons. The highest BCUT2D eigenvalue weighted by atomic mass is 19.1. The van der Waals surface area contributed by atoms with Crippen molar-refractivity contribution in [2.24, 2.45) is 11.8 Å². The number of carboxylic acid groups (broad SMARTS) is 1. The highest BCUT2D eigenvalue weighted by molar-refractivity contribution is 5.71. The first-order chi connectivity index (χ1) is 15.4. The molecular weight excluding hydrogens is 415 g/mol. The summed E-state index contributed by atoms with van der Waals surface area (Å²) in [5.74, 6) is -1.95. The number of halogens is 1. The van der Waals surface area contributed by atoms with Gasteiger partial charge in [0.2, 0.25) is 0 Å². The van der Waals surface area contributed by atoms with Crippen LogP contribution in [0.15, 0.2) is 18.2 Å². The van der Waals surface area contributed by atoms with E-state index in [0.29, 0.717) is 36.4 Å². The van der Waals surface area contributed by atoms with E-state index in [1.807, 2.05) is 19.9 Å². The number of ether oxygens (including phenoxy) is 1. The molecule has 2 atom stereocenters. The highest BCUT2D eigenvalue weighted by Crippen LogP contribution is 2.31. The first-order valence-electron chi connectivity index (χ1n) is 11.2. The summed E-state index contributed by atoms with van der Waals surface area (Å²) in [6.07, 6.45) is 0.778. The van der Waals surface area contributed by atoms with Crippen molar-refractivity contribution in [3.63, 3.8) is 0 Å². The summed E-state index contributed by atoms with van der Waals surface area (Å²) in [5, 5.41) is 27.1. The molecule has 0 amide bonds. The zero-order valence-corrected chi connectivity index (χ0v) is 18.8. The van der Waals surface area contributed by atoms with Gasteiger partial charge in [0.15, 0.2) is 5.82 Å². The van der Waals surface area contributed by atoms with Gasteiger partial charge >= 0.3 is 5.97 Å². The lowest BCUT2D eigenvalue weighted by atomic mass is 9.81. The zero-order chi connectivity index (χ0) is 22.9. The van der Waals surface area contributed by atoms with Crippen LogP contribution in [0.5, 0.6) is 0 Å². The smallest absolute Gasteiger partial charge is 0.307 e. The normalized spacial score (nSPS) is 16.9. The predicted octanol–water partition coefficient (Wildman–Crippen LogP) is 1.83. The van der Waals surface area contributed by atoms with Gasteiger partial charge in [0, 0.05) is 44.2 Å². The summed E-state index contributed by atoms with van der Waals surface area (Å²) in [7, 11) is 0. The minimum absolute atomic E-state index is 0.183. The number of hydrogen-bond donors (Lipinski definition) is 3. The van der Waals surface area contributed by atoms with Gasteiger partial charge in [-0.05, 0) is 30.4 Å². The Balaban J connectivity index is 1.61. The number of rotatable bonds is 12. The van der Waals surface area contributed by atoms with Crippen LogP contribution in [0, 0.1) is 17.7 Å². The third-order valence-electron chi connectivity index (χ3n) is 5.81. The fourth-order valence-electron chi connectivity index (χ4n) is 4.08. The summed E-state index contributed by atoms with van der Waals surface area (Å²) in [6, 6.07) is 4.98. The lowest BCUT2D eigenvalue weighted by molar-refractivity contribution is -0.143. The monoisotopic (exact) mass is 448 g/mol. The number of aromatic amines is 1. The van der Waals surface area contributed by atoms with Crippen molar-refractivity contribution in [1.82, 2.24) is 30.8 Å². The fourth-order valence-corrected chi connectivity index (χ4v) is 4.08. The molecule has 9 nitrogen and oxygen atoms in total. The van der Waals surface area contributed by atoms with E-state index >= 15 is 0 Å². The fraction of sp³-hybridized carbons (Fsp3) is 0.636. The number of H-pyrrole nitrogens is 1. The molecule has 0 unspecified atom stereocenters. The summed E-state index contributed by atoms with van der Waals surface area (Å²) in [4.78, 5) is 14.3. The van der Waals surface area contributed by atoms with E-state index in [2.05, 4.69) is 30.8 Å². The van der Waals surface area contributed by atoms with Gasteiger partial charge in [0.1, 0.15) is 5.82 Å². The molecule has 1 aliphatic rings. The molecule has 1 saturated heterocycles. The van der Waals surface area contributed by atoms with Crippen molar-refractivity contribution < 1.29 is 19.0 Å². The first kappa shape index (κ1) is 24.2. The minimum Gasteiger partial charge on any atom is -0.481 e. The van der Waals surface area contributed by atoms with Gasteiger partial charge < -0.3 is 15.2 Å². The Morgan fingerprint density at radius 2 is 2.09 bits per heavy atom. The molecule has 176 valence electrons. The molecule has 3 rings (SSSR count). The zero-order valence-electron chi connectivity index (χ0n) is 18.8. The molecule has 0 aliphatic carbocycles. The van der Waals surface area contributed by atoms with Crippen LogP contribution in [0.3, 0.4) is 0 Å². The third-order valence-corrected chi connectivity index (χ3v) is 5.81. The Labute approximate surface area is 187 Å². The molecule has 32 heavy (non-hydrogen) atoms. The predicted molar refractivity (Wildman–Crippen MR) is 117 cm³/mol. The number of hydrogen-bond acceptors (Lipinski definition) is 7. The van der Waals surface area contributed by atoms with Gasteiger partial charge in [-0.1, -0.05) is 31.2 Å². The van der Waals surface area contributed by atoms with Gasteiger partial charge in [-0.2, -0.15) is 5.21 Å². The van der Waals surface area contributed by atoms with E-state index in [0.717, 1.165) is 32.7 Å². The maximum atomic E-state index is 14.7. The summed E-state index contributed by atoms with van der Waals surface area (Å²) < 4.78 is 20.4. The quantitative estimate of drug-likeness (QED) is 0.421. The molecule has 2 heterocycles. The Kier molecular flexibility index (Phi) is 9.07. The third kappa shape index (κ3) is 7.04. The largest absolute Gasteiger partial charge is 0.481 e. The van der Waals surface area contributed by atoms with Crippen LogP contribution in [0.25, 0.3) is 0 Å². The Hall–Kier alpha value is -2.43. The Morgan fingerprint density at radius 3 is 2.72 bits per heavy atom. The SMILES string of the molecule is CC(C)C[C@H](C(=O)O)[C@H](Cc1ccc(COCCN2CCNCC2)c(F)c1)c1nn[nH]n1. The minimum atomic E-state index is -0.913. The number of benzene rings is 1. The molecule has 1 fully saturated rings. The lowest BCUT2D eigenvalue weighted by Gasteiger charge is -2.26. The van der Waals surface area contributed by atoms with Crippen molar-refractivity contribution in [2.45, 2.75) is 39.2 Å². The van der Waals surface area contributed by atoms with Crippen LogP contribution in [0.2, 0.25) is 0 Å². The molecule has 3 N–H and O–H groups in total. The highest BCUT2D eigenvalue weighted by Gasteiger charge is 2.33. The Morgan fingerprint density at radius 1 is 1.31 bits per heavy atom. The molecular formula is C22H33FN6O3. The van der Waals surface area contributed by atoms with Crippen molar-refractivity contribution in [2.75, 3.05) is 39.3 Å². The molecule has 0 bridgehead atoms. The lowest BCUT2D eigenvalue weighted by Crippen LogP contribution is -2.44. The van der Waals surface area contributed by atoms with Crippen LogP contribution in [-0.2, 0) is 22.6 Å². The molecule has 0 spiro atoms. The van der Waals surface area contributed by atoms with E-state index < -0.39 is 17.8 Å². The summed E-state index contributed by atoms with van der Waals surface area (Å²) >= 11 is 0. The Bertz CT molecular complexity index is 842. The van der Waals surface area contributed by atoms with E-state index in [9.17, 15) is 14.3 Å². The van der Waals surface area contributed by atoms with E-state index in [4.69, 9.17) is 4.74 Å². The topological polar surface area (TPSA) is 116 Å². The average Bonchev–Trinajstić information content (AvgIpc) is 3.30.